The number of hydrazine groups is 1. The molecule has 0 bridgehead atoms. The molecule has 0 saturated carbocycles. The number of aryl methyl sites for hydroxylation is 1. The molecular weight excluding hydrogens is 506 g/mol. The number of piperidine rings is 1. The van der Waals surface area contributed by atoms with Gasteiger partial charge < -0.3 is 15.6 Å². The largest absolute Gasteiger partial charge is 0.352 e. The van der Waals surface area contributed by atoms with Crippen LogP contribution in [-0.2, 0) is 6.54 Å². The van der Waals surface area contributed by atoms with Crippen LogP contribution in [0.15, 0.2) is 94.7 Å². The average molecular weight is 542 g/mol. The second-order valence-electron chi connectivity index (χ2n) is 9.77. The van der Waals surface area contributed by atoms with Gasteiger partial charge in [0.1, 0.15) is 0 Å². The number of hydrogen-bond acceptors (Lipinski definition) is 4. The van der Waals surface area contributed by atoms with Gasteiger partial charge >= 0.3 is 5.69 Å². The van der Waals surface area contributed by atoms with Crippen LogP contribution in [0.2, 0.25) is 0 Å². The molecule has 1 aliphatic rings. The zero-order valence-electron chi connectivity index (χ0n) is 21.9. The van der Waals surface area contributed by atoms with Crippen molar-refractivity contribution in [3.8, 4) is 0 Å². The molecule has 0 unspecified atom stereocenters. The van der Waals surface area contributed by atoms with E-state index in [0.717, 1.165) is 48.5 Å². The molecule has 0 atom stereocenters. The second kappa shape index (κ2) is 12.7. The van der Waals surface area contributed by atoms with Crippen molar-refractivity contribution >= 4 is 34.7 Å². The van der Waals surface area contributed by atoms with E-state index in [2.05, 4.69) is 69.2 Å². The molecule has 1 fully saturated rings. The smallest absolute Gasteiger partial charge is 0.329 e. The first kappa shape index (κ1) is 26.6. The molecule has 4 aromatic rings. The van der Waals surface area contributed by atoms with Crippen molar-refractivity contribution in [1.82, 2.24) is 24.8 Å². The van der Waals surface area contributed by atoms with E-state index in [4.69, 9.17) is 18.1 Å². The van der Waals surface area contributed by atoms with Gasteiger partial charge in [-0.2, -0.15) is 0 Å². The molecule has 2 heterocycles. The molecule has 9 heteroatoms. The predicted octanol–water partition coefficient (Wildman–Crippen LogP) is 3.99. The number of fused-ring (bicyclic) bond motifs is 1. The van der Waals surface area contributed by atoms with E-state index in [1.54, 1.807) is 0 Å². The third-order valence-electron chi connectivity index (χ3n) is 7.35. The number of aliphatic imine (C=N–C) groups is 1. The van der Waals surface area contributed by atoms with Crippen molar-refractivity contribution in [3.05, 3.63) is 107 Å². The van der Waals surface area contributed by atoms with Gasteiger partial charge in [-0.15, -0.1) is 0 Å². The SMILES string of the molecule is NNC=NCCCn1c(=O)n(C2CCN(C(=S)NC(c3ccccc3)c3ccccc3)CC2)c2ccccc21. The number of likely N-dealkylation sites (tertiary alicyclic amines) is 1. The van der Waals surface area contributed by atoms with Gasteiger partial charge in [-0.3, -0.25) is 14.1 Å². The normalized spacial score (nSPS) is 14.4. The van der Waals surface area contributed by atoms with Crippen molar-refractivity contribution in [3.63, 3.8) is 0 Å². The molecule has 0 spiro atoms. The van der Waals surface area contributed by atoms with Crippen LogP contribution in [-0.4, -0.2) is 45.1 Å². The van der Waals surface area contributed by atoms with Crippen LogP contribution >= 0.6 is 12.2 Å². The Bertz CT molecular complexity index is 1420. The highest BCUT2D eigenvalue weighted by Gasteiger charge is 2.27. The number of thiocarbonyl (C=S) groups is 1. The second-order valence-corrected chi connectivity index (χ2v) is 10.2. The van der Waals surface area contributed by atoms with Crippen molar-refractivity contribution in [2.24, 2.45) is 10.8 Å². The molecule has 1 aromatic heterocycles. The first-order valence-corrected chi connectivity index (χ1v) is 13.9. The summed E-state index contributed by atoms with van der Waals surface area (Å²) in [7, 11) is 0. The van der Waals surface area contributed by atoms with Crippen LogP contribution in [0, 0.1) is 0 Å². The molecule has 0 aliphatic carbocycles. The Kier molecular flexibility index (Phi) is 8.70. The van der Waals surface area contributed by atoms with Gasteiger partial charge in [0.2, 0.25) is 0 Å². The van der Waals surface area contributed by atoms with E-state index in [9.17, 15) is 4.79 Å². The molecule has 202 valence electrons. The monoisotopic (exact) mass is 541 g/mol. The number of benzene rings is 3. The number of rotatable bonds is 9. The number of nitrogens with zero attached hydrogens (tertiary/aromatic N) is 4. The molecule has 3 aromatic carbocycles. The molecule has 0 radical (unpaired) electrons. The van der Waals surface area contributed by atoms with Crippen LogP contribution in [0.4, 0.5) is 0 Å². The Labute approximate surface area is 234 Å². The van der Waals surface area contributed by atoms with Crippen molar-refractivity contribution < 1.29 is 0 Å². The molecule has 1 aliphatic heterocycles. The molecule has 0 amide bonds. The zero-order chi connectivity index (χ0) is 27.0. The maximum absolute atomic E-state index is 13.6. The summed E-state index contributed by atoms with van der Waals surface area (Å²) >= 11 is 5.91. The lowest BCUT2D eigenvalue weighted by Gasteiger charge is -2.35. The summed E-state index contributed by atoms with van der Waals surface area (Å²) in [4.78, 5) is 20.0. The quantitative estimate of drug-likeness (QED) is 0.0741. The van der Waals surface area contributed by atoms with E-state index in [1.165, 1.54) is 17.5 Å². The van der Waals surface area contributed by atoms with Crippen molar-refractivity contribution in [2.75, 3.05) is 19.6 Å². The average Bonchev–Trinajstić information content (AvgIpc) is 3.27. The number of hydrogen-bond donors (Lipinski definition) is 3. The summed E-state index contributed by atoms with van der Waals surface area (Å²) in [6, 6.07) is 29.0. The summed E-state index contributed by atoms with van der Waals surface area (Å²) in [5, 5.41) is 4.36. The lowest BCUT2D eigenvalue weighted by atomic mass is 9.99. The van der Waals surface area contributed by atoms with Crippen LogP contribution in [0.25, 0.3) is 11.0 Å². The Balaban J connectivity index is 1.29. The Morgan fingerprint density at radius 1 is 0.949 bits per heavy atom. The third-order valence-corrected chi connectivity index (χ3v) is 7.73. The summed E-state index contributed by atoms with van der Waals surface area (Å²) in [5.74, 6) is 5.24. The van der Waals surface area contributed by atoms with Gasteiger partial charge in [0, 0.05) is 32.2 Å². The number of nitrogens with one attached hydrogen (secondary N) is 2. The number of imidazole rings is 1. The van der Waals surface area contributed by atoms with Crippen LogP contribution < -0.4 is 22.3 Å². The molecule has 8 nitrogen and oxygen atoms in total. The summed E-state index contributed by atoms with van der Waals surface area (Å²) in [5.41, 5.74) is 6.76. The lowest BCUT2D eigenvalue weighted by molar-refractivity contribution is 0.262. The summed E-state index contributed by atoms with van der Waals surface area (Å²) < 4.78 is 3.87. The van der Waals surface area contributed by atoms with E-state index in [0.29, 0.717) is 13.1 Å². The van der Waals surface area contributed by atoms with Gasteiger partial charge in [0.25, 0.3) is 0 Å². The zero-order valence-corrected chi connectivity index (χ0v) is 22.8. The third kappa shape index (κ3) is 6.05. The van der Waals surface area contributed by atoms with E-state index in [1.807, 2.05) is 45.5 Å². The fourth-order valence-corrected chi connectivity index (χ4v) is 5.73. The van der Waals surface area contributed by atoms with Gasteiger partial charge in [-0.25, -0.2) is 10.6 Å². The number of aromatic nitrogens is 2. The van der Waals surface area contributed by atoms with Crippen molar-refractivity contribution in [1.29, 1.82) is 0 Å². The minimum absolute atomic E-state index is 0.0248. The highest BCUT2D eigenvalue weighted by atomic mass is 32.1. The Hall–Kier alpha value is -3.95. The summed E-state index contributed by atoms with van der Waals surface area (Å²) in [6.45, 7) is 2.80. The molecule has 1 saturated heterocycles. The summed E-state index contributed by atoms with van der Waals surface area (Å²) in [6.07, 6.45) is 3.93. The molecule has 5 rings (SSSR count). The number of para-hydroxylation sites is 2. The van der Waals surface area contributed by atoms with Crippen LogP contribution in [0.5, 0.6) is 0 Å². The molecule has 4 N–H and O–H groups in total. The molecule has 39 heavy (non-hydrogen) atoms. The first-order valence-electron chi connectivity index (χ1n) is 13.5. The molecular formula is C30H35N7OS. The van der Waals surface area contributed by atoms with Gasteiger partial charge in [-0.1, -0.05) is 72.8 Å². The standard InChI is InChI=1S/C30H35N7OS/c31-33-22-32-18-9-19-36-26-14-7-8-15-27(26)37(30(36)38)25-16-20-35(21-17-25)29(39)34-28(23-10-3-1-4-11-23)24-12-5-2-6-13-24/h1-8,10-15,22,25,28H,9,16-21,31H2,(H,32,33)(H,34,39). The highest BCUT2D eigenvalue weighted by Crippen LogP contribution is 2.27. The van der Waals surface area contributed by atoms with Crippen molar-refractivity contribution in [2.45, 2.75) is 37.9 Å². The Morgan fingerprint density at radius 2 is 1.54 bits per heavy atom. The topological polar surface area (TPSA) is 92.6 Å². The highest BCUT2D eigenvalue weighted by molar-refractivity contribution is 7.80. The van der Waals surface area contributed by atoms with Gasteiger partial charge in [0.05, 0.1) is 23.4 Å². The van der Waals surface area contributed by atoms with Crippen LogP contribution in [0.3, 0.4) is 0 Å². The van der Waals surface area contributed by atoms with E-state index >= 15 is 0 Å². The number of nitrogens with two attached hydrogens (primary N) is 1. The fourth-order valence-electron chi connectivity index (χ4n) is 5.43. The minimum atomic E-state index is -0.0248. The lowest BCUT2D eigenvalue weighted by Crippen LogP contribution is -2.46. The van der Waals surface area contributed by atoms with Gasteiger partial charge in [0.15, 0.2) is 5.11 Å². The maximum atomic E-state index is 13.6. The predicted molar refractivity (Wildman–Crippen MR) is 162 cm³/mol. The van der Waals surface area contributed by atoms with E-state index < -0.39 is 0 Å². The fraction of sp³-hybridized carbons (Fsp3) is 0.300. The van der Waals surface area contributed by atoms with Crippen LogP contribution in [0.1, 0.15) is 42.5 Å². The Morgan fingerprint density at radius 3 is 2.15 bits per heavy atom. The van der Waals surface area contributed by atoms with E-state index in [-0.39, 0.29) is 17.8 Å². The first-order chi connectivity index (χ1) is 19.2. The van der Waals surface area contributed by atoms with Gasteiger partial charge in [-0.05, 0) is 54.7 Å². The minimum Gasteiger partial charge on any atom is -0.352 e. The maximum Gasteiger partial charge on any atom is 0.329 e.